The quantitative estimate of drug-likeness (QED) is 0.934. The van der Waals surface area contributed by atoms with Crippen LogP contribution in [0.3, 0.4) is 0 Å². The molecule has 1 N–H and O–H groups in total. The van der Waals surface area contributed by atoms with Crippen molar-refractivity contribution in [3.05, 3.63) is 57.8 Å². The fraction of sp³-hybridized carbons (Fsp3) is 0.200. The van der Waals surface area contributed by atoms with Crippen LogP contribution < -0.4 is 10.1 Å². The Morgan fingerprint density at radius 3 is 2.80 bits per heavy atom. The van der Waals surface area contributed by atoms with Crippen LogP contribution in [0.25, 0.3) is 0 Å². The maximum absolute atomic E-state index is 12.1. The molecule has 2 aromatic rings. The summed E-state index contributed by atoms with van der Waals surface area (Å²) in [4.78, 5) is 16.4. The van der Waals surface area contributed by atoms with Crippen molar-refractivity contribution in [1.82, 2.24) is 10.3 Å². The molecule has 0 saturated carbocycles. The molecule has 0 aliphatic rings. The van der Waals surface area contributed by atoms with Crippen LogP contribution in [0.2, 0.25) is 0 Å². The summed E-state index contributed by atoms with van der Waals surface area (Å²) in [5, 5.41) is 2.84. The molecule has 0 radical (unpaired) electrons. The maximum atomic E-state index is 12.1. The molecule has 0 aliphatic carbocycles. The highest BCUT2D eigenvalue weighted by Gasteiger charge is 2.08. The second-order valence-electron chi connectivity index (χ2n) is 4.30. The smallest absolute Gasteiger partial charge is 0.251 e. The van der Waals surface area contributed by atoms with Crippen LogP contribution in [-0.2, 0) is 6.54 Å². The first-order chi connectivity index (χ1) is 9.60. The monoisotopic (exact) mass is 334 g/mol. The van der Waals surface area contributed by atoms with Gasteiger partial charge in [-0.2, -0.15) is 0 Å². The molecule has 0 atom stereocenters. The number of nitrogens with zero attached hydrogens (tertiary/aromatic N) is 1. The first-order valence-corrected chi connectivity index (χ1v) is 6.93. The van der Waals surface area contributed by atoms with Gasteiger partial charge in [-0.05, 0) is 53.2 Å². The van der Waals surface area contributed by atoms with E-state index in [1.807, 2.05) is 25.1 Å². The normalized spacial score (nSPS) is 10.2. The van der Waals surface area contributed by atoms with Crippen molar-refractivity contribution in [2.24, 2.45) is 0 Å². The van der Waals surface area contributed by atoms with Crippen molar-refractivity contribution in [3.8, 4) is 5.75 Å². The first-order valence-electron chi connectivity index (χ1n) is 6.14. The summed E-state index contributed by atoms with van der Waals surface area (Å²) >= 11 is 3.36. The Kier molecular flexibility index (Phi) is 4.74. The van der Waals surface area contributed by atoms with E-state index in [1.54, 1.807) is 25.3 Å². The minimum atomic E-state index is -0.142. The summed E-state index contributed by atoms with van der Waals surface area (Å²) in [7, 11) is 1.59. The molecule has 0 saturated heterocycles. The van der Waals surface area contributed by atoms with Crippen molar-refractivity contribution in [3.63, 3.8) is 0 Å². The zero-order chi connectivity index (χ0) is 14.5. The van der Waals surface area contributed by atoms with E-state index in [0.717, 1.165) is 15.9 Å². The number of rotatable bonds is 4. The summed E-state index contributed by atoms with van der Waals surface area (Å²) in [6, 6.07) is 10.9. The molecule has 1 aromatic carbocycles. The number of amides is 1. The van der Waals surface area contributed by atoms with E-state index in [9.17, 15) is 4.79 Å². The van der Waals surface area contributed by atoms with Crippen LogP contribution >= 0.6 is 15.9 Å². The SMILES string of the molecule is COc1ccc(C(=O)NCc2cccc(C)n2)cc1Br. The van der Waals surface area contributed by atoms with Crippen LogP contribution in [0, 0.1) is 6.92 Å². The Balaban J connectivity index is 2.03. The third kappa shape index (κ3) is 3.57. The summed E-state index contributed by atoms with van der Waals surface area (Å²) in [6.07, 6.45) is 0. The highest BCUT2D eigenvalue weighted by atomic mass is 79.9. The number of hydrogen-bond acceptors (Lipinski definition) is 3. The van der Waals surface area contributed by atoms with Gasteiger partial charge in [-0.1, -0.05) is 6.07 Å². The lowest BCUT2D eigenvalue weighted by molar-refractivity contribution is 0.0950. The van der Waals surface area contributed by atoms with Gasteiger partial charge in [0.1, 0.15) is 5.75 Å². The van der Waals surface area contributed by atoms with Gasteiger partial charge in [0.2, 0.25) is 0 Å². The minimum absolute atomic E-state index is 0.142. The largest absolute Gasteiger partial charge is 0.496 e. The second-order valence-corrected chi connectivity index (χ2v) is 5.16. The number of aromatic nitrogens is 1. The molecule has 1 amide bonds. The Morgan fingerprint density at radius 1 is 1.35 bits per heavy atom. The lowest BCUT2D eigenvalue weighted by Crippen LogP contribution is -2.23. The summed E-state index contributed by atoms with van der Waals surface area (Å²) in [5.41, 5.74) is 2.35. The highest BCUT2D eigenvalue weighted by molar-refractivity contribution is 9.10. The van der Waals surface area contributed by atoms with Gasteiger partial charge >= 0.3 is 0 Å². The fourth-order valence-electron chi connectivity index (χ4n) is 1.78. The Morgan fingerprint density at radius 2 is 2.15 bits per heavy atom. The molecular formula is C15H15BrN2O2. The molecule has 0 aliphatic heterocycles. The van der Waals surface area contributed by atoms with E-state index in [2.05, 4.69) is 26.2 Å². The van der Waals surface area contributed by atoms with Gasteiger partial charge in [-0.3, -0.25) is 9.78 Å². The number of pyridine rings is 1. The van der Waals surface area contributed by atoms with Crippen molar-refractivity contribution in [1.29, 1.82) is 0 Å². The number of benzene rings is 1. The molecule has 1 heterocycles. The van der Waals surface area contributed by atoms with E-state index in [0.29, 0.717) is 17.9 Å². The van der Waals surface area contributed by atoms with Crippen LogP contribution in [0.15, 0.2) is 40.9 Å². The van der Waals surface area contributed by atoms with E-state index in [-0.39, 0.29) is 5.91 Å². The Labute approximate surface area is 126 Å². The van der Waals surface area contributed by atoms with E-state index >= 15 is 0 Å². The van der Waals surface area contributed by atoms with Crippen LogP contribution in [0.4, 0.5) is 0 Å². The van der Waals surface area contributed by atoms with Crippen molar-refractivity contribution in [2.45, 2.75) is 13.5 Å². The topological polar surface area (TPSA) is 51.2 Å². The third-order valence-corrected chi connectivity index (χ3v) is 3.41. The second kappa shape index (κ2) is 6.52. The minimum Gasteiger partial charge on any atom is -0.496 e. The molecule has 0 bridgehead atoms. The van der Waals surface area contributed by atoms with Gasteiger partial charge < -0.3 is 10.1 Å². The number of nitrogens with one attached hydrogen (secondary N) is 1. The van der Waals surface area contributed by atoms with Crippen molar-refractivity contribution < 1.29 is 9.53 Å². The lowest BCUT2D eigenvalue weighted by atomic mass is 10.2. The van der Waals surface area contributed by atoms with E-state index < -0.39 is 0 Å². The standard InChI is InChI=1S/C15H15BrN2O2/c1-10-4-3-5-12(18-10)9-17-15(19)11-6-7-14(20-2)13(16)8-11/h3-8H,9H2,1-2H3,(H,17,19). The Bertz CT molecular complexity index is 629. The lowest BCUT2D eigenvalue weighted by Gasteiger charge is -2.08. The molecule has 4 nitrogen and oxygen atoms in total. The number of aryl methyl sites for hydroxylation is 1. The third-order valence-electron chi connectivity index (χ3n) is 2.79. The van der Waals surface area contributed by atoms with Gasteiger partial charge in [0.05, 0.1) is 23.8 Å². The number of ether oxygens (including phenoxy) is 1. The molecule has 20 heavy (non-hydrogen) atoms. The molecule has 1 aromatic heterocycles. The summed E-state index contributed by atoms with van der Waals surface area (Å²) in [5.74, 6) is 0.554. The van der Waals surface area contributed by atoms with E-state index in [4.69, 9.17) is 4.74 Å². The van der Waals surface area contributed by atoms with Gasteiger partial charge in [-0.15, -0.1) is 0 Å². The average Bonchev–Trinajstić information content (AvgIpc) is 2.44. The molecular weight excluding hydrogens is 320 g/mol. The molecule has 5 heteroatoms. The number of carbonyl (C=O) groups excluding carboxylic acids is 1. The van der Waals surface area contributed by atoms with Crippen LogP contribution in [0.5, 0.6) is 5.75 Å². The zero-order valence-corrected chi connectivity index (χ0v) is 12.9. The Hall–Kier alpha value is -1.88. The maximum Gasteiger partial charge on any atom is 0.251 e. The predicted molar refractivity (Wildman–Crippen MR) is 80.8 cm³/mol. The molecule has 104 valence electrons. The van der Waals surface area contributed by atoms with E-state index in [1.165, 1.54) is 0 Å². The average molecular weight is 335 g/mol. The molecule has 2 rings (SSSR count). The van der Waals surface area contributed by atoms with Gasteiger partial charge in [0.15, 0.2) is 0 Å². The molecule has 0 spiro atoms. The zero-order valence-electron chi connectivity index (χ0n) is 11.3. The number of methoxy groups -OCH3 is 1. The first kappa shape index (κ1) is 14.5. The number of halogens is 1. The van der Waals surface area contributed by atoms with Gasteiger partial charge in [0.25, 0.3) is 5.91 Å². The van der Waals surface area contributed by atoms with Gasteiger partial charge in [0, 0.05) is 11.3 Å². The summed E-state index contributed by atoms with van der Waals surface area (Å²) in [6.45, 7) is 2.33. The number of hydrogen-bond donors (Lipinski definition) is 1. The predicted octanol–water partition coefficient (Wildman–Crippen LogP) is 3.09. The summed E-state index contributed by atoms with van der Waals surface area (Å²) < 4.78 is 5.88. The van der Waals surface area contributed by atoms with Crippen LogP contribution in [-0.4, -0.2) is 18.0 Å². The fourth-order valence-corrected chi connectivity index (χ4v) is 2.32. The van der Waals surface area contributed by atoms with Crippen LogP contribution in [0.1, 0.15) is 21.7 Å². The van der Waals surface area contributed by atoms with Crippen molar-refractivity contribution >= 4 is 21.8 Å². The van der Waals surface area contributed by atoms with Crippen molar-refractivity contribution in [2.75, 3.05) is 7.11 Å². The number of carbonyl (C=O) groups is 1. The highest BCUT2D eigenvalue weighted by Crippen LogP contribution is 2.25. The molecule has 0 unspecified atom stereocenters. The molecule has 0 fully saturated rings. The van der Waals surface area contributed by atoms with Gasteiger partial charge in [-0.25, -0.2) is 0 Å².